The standard InChI is InChI=1S/C16H12ClFN4OS2/c17-11-3-1-10(2-4-11)9-24-16-22-21-15(25-16)20-14(23)19-13-7-5-12(18)6-8-13/h1-8H,9H2,(H2,19,20,21,23). The lowest BCUT2D eigenvalue weighted by Gasteiger charge is -2.04. The predicted octanol–water partition coefficient (Wildman–Crippen LogP) is 5.27. The Hall–Kier alpha value is -2.16. The summed E-state index contributed by atoms with van der Waals surface area (Å²) >= 11 is 8.66. The summed E-state index contributed by atoms with van der Waals surface area (Å²) in [5, 5.41) is 14.2. The molecule has 9 heteroatoms. The second kappa shape index (κ2) is 8.28. The van der Waals surface area contributed by atoms with E-state index in [-0.39, 0.29) is 5.82 Å². The number of carbonyl (C=O) groups excluding carboxylic acids is 1. The van der Waals surface area contributed by atoms with Crippen LogP contribution in [0.5, 0.6) is 0 Å². The van der Waals surface area contributed by atoms with E-state index in [1.807, 2.05) is 24.3 Å². The van der Waals surface area contributed by atoms with Gasteiger partial charge in [-0.3, -0.25) is 5.32 Å². The number of carbonyl (C=O) groups is 1. The maximum atomic E-state index is 12.8. The Morgan fingerprint density at radius 2 is 1.80 bits per heavy atom. The van der Waals surface area contributed by atoms with Gasteiger partial charge in [-0.1, -0.05) is 46.8 Å². The minimum absolute atomic E-state index is 0.363. The van der Waals surface area contributed by atoms with Crippen molar-refractivity contribution in [1.82, 2.24) is 10.2 Å². The first-order valence-corrected chi connectivity index (χ1v) is 9.31. The summed E-state index contributed by atoms with van der Waals surface area (Å²) in [6.07, 6.45) is 0. The van der Waals surface area contributed by atoms with Crippen molar-refractivity contribution in [3.8, 4) is 0 Å². The molecule has 2 N–H and O–H groups in total. The molecule has 5 nitrogen and oxygen atoms in total. The summed E-state index contributed by atoms with van der Waals surface area (Å²) in [6, 6.07) is 12.6. The number of halogens is 2. The molecule has 0 atom stereocenters. The third-order valence-corrected chi connectivity index (χ3v) is 5.30. The van der Waals surface area contributed by atoms with E-state index in [2.05, 4.69) is 20.8 Å². The largest absolute Gasteiger partial charge is 0.325 e. The van der Waals surface area contributed by atoms with Crippen LogP contribution in [0.4, 0.5) is 20.0 Å². The van der Waals surface area contributed by atoms with Gasteiger partial charge in [0.25, 0.3) is 0 Å². The summed E-state index contributed by atoms with van der Waals surface area (Å²) in [6.45, 7) is 0. The molecule has 0 saturated heterocycles. The Balaban J connectivity index is 1.51. The van der Waals surface area contributed by atoms with Crippen LogP contribution in [-0.4, -0.2) is 16.2 Å². The van der Waals surface area contributed by atoms with Gasteiger partial charge in [0.2, 0.25) is 5.13 Å². The summed E-state index contributed by atoms with van der Waals surface area (Å²) < 4.78 is 13.6. The Morgan fingerprint density at radius 3 is 2.52 bits per heavy atom. The van der Waals surface area contributed by atoms with Crippen LogP contribution < -0.4 is 10.6 Å². The first-order chi connectivity index (χ1) is 12.1. The molecule has 0 radical (unpaired) electrons. The fourth-order valence-corrected chi connectivity index (χ4v) is 3.67. The molecule has 0 aliphatic heterocycles. The molecular formula is C16H12ClFN4OS2. The zero-order valence-corrected chi connectivity index (χ0v) is 15.1. The van der Waals surface area contributed by atoms with Gasteiger partial charge in [0.15, 0.2) is 4.34 Å². The van der Waals surface area contributed by atoms with Gasteiger partial charge in [0, 0.05) is 16.5 Å². The number of hydrogen-bond donors (Lipinski definition) is 2. The molecule has 0 aliphatic rings. The van der Waals surface area contributed by atoms with Gasteiger partial charge in [0.1, 0.15) is 5.82 Å². The van der Waals surface area contributed by atoms with Crippen LogP contribution in [0, 0.1) is 5.82 Å². The van der Waals surface area contributed by atoms with E-state index in [1.165, 1.54) is 47.4 Å². The van der Waals surface area contributed by atoms with E-state index in [4.69, 9.17) is 11.6 Å². The SMILES string of the molecule is O=C(Nc1ccc(F)cc1)Nc1nnc(SCc2ccc(Cl)cc2)s1. The van der Waals surface area contributed by atoms with Gasteiger partial charge in [-0.25, -0.2) is 9.18 Å². The van der Waals surface area contributed by atoms with Crippen LogP contribution in [0.3, 0.4) is 0 Å². The summed E-state index contributed by atoms with van der Waals surface area (Å²) in [5.74, 6) is 0.366. The minimum atomic E-state index is -0.461. The molecule has 2 amide bonds. The van der Waals surface area contributed by atoms with E-state index >= 15 is 0 Å². The van der Waals surface area contributed by atoms with Crippen molar-refractivity contribution in [3.05, 3.63) is 64.9 Å². The maximum Gasteiger partial charge on any atom is 0.325 e. The fourth-order valence-electron chi connectivity index (χ4n) is 1.84. The average molecular weight is 395 g/mol. The van der Waals surface area contributed by atoms with Crippen molar-refractivity contribution >= 4 is 51.5 Å². The fraction of sp³-hybridized carbons (Fsp3) is 0.0625. The zero-order chi connectivity index (χ0) is 17.6. The number of aromatic nitrogens is 2. The van der Waals surface area contributed by atoms with Crippen molar-refractivity contribution < 1.29 is 9.18 Å². The lowest BCUT2D eigenvalue weighted by atomic mass is 10.2. The normalized spacial score (nSPS) is 10.5. The van der Waals surface area contributed by atoms with Crippen LogP contribution in [-0.2, 0) is 5.75 Å². The van der Waals surface area contributed by atoms with Gasteiger partial charge in [-0.15, -0.1) is 10.2 Å². The molecule has 0 fully saturated rings. The molecule has 0 saturated carbocycles. The number of rotatable bonds is 5. The van der Waals surface area contributed by atoms with Crippen molar-refractivity contribution in [2.75, 3.05) is 10.6 Å². The molecule has 0 unspecified atom stereocenters. The van der Waals surface area contributed by atoms with Crippen LogP contribution >= 0.6 is 34.7 Å². The molecule has 1 heterocycles. The highest BCUT2D eigenvalue weighted by Gasteiger charge is 2.09. The Bertz CT molecular complexity index is 855. The van der Waals surface area contributed by atoms with Gasteiger partial charge in [0.05, 0.1) is 0 Å². The van der Waals surface area contributed by atoms with E-state index in [0.29, 0.717) is 15.8 Å². The monoisotopic (exact) mass is 394 g/mol. The van der Waals surface area contributed by atoms with Crippen LogP contribution in [0.1, 0.15) is 5.56 Å². The number of nitrogens with zero attached hydrogens (tertiary/aromatic N) is 2. The average Bonchev–Trinajstić information content (AvgIpc) is 3.04. The lowest BCUT2D eigenvalue weighted by molar-refractivity contribution is 0.262. The number of thioether (sulfide) groups is 1. The van der Waals surface area contributed by atoms with Crippen molar-refractivity contribution in [2.45, 2.75) is 10.1 Å². The van der Waals surface area contributed by atoms with Crippen molar-refractivity contribution in [1.29, 1.82) is 0 Å². The quantitative estimate of drug-likeness (QED) is 0.457. The highest BCUT2D eigenvalue weighted by Crippen LogP contribution is 2.28. The molecule has 0 bridgehead atoms. The lowest BCUT2D eigenvalue weighted by Crippen LogP contribution is -2.19. The van der Waals surface area contributed by atoms with E-state index < -0.39 is 6.03 Å². The molecular weight excluding hydrogens is 383 g/mol. The number of anilines is 2. The third kappa shape index (κ3) is 5.42. The number of benzene rings is 2. The van der Waals surface area contributed by atoms with Gasteiger partial charge in [-0.2, -0.15) is 0 Å². The number of urea groups is 1. The minimum Gasteiger partial charge on any atom is -0.308 e. The van der Waals surface area contributed by atoms with Crippen molar-refractivity contribution in [2.24, 2.45) is 0 Å². The maximum absolute atomic E-state index is 12.8. The molecule has 3 aromatic rings. The third-order valence-electron chi connectivity index (χ3n) is 3.00. The number of amides is 2. The second-order valence-electron chi connectivity index (χ2n) is 4.87. The van der Waals surface area contributed by atoms with Gasteiger partial charge >= 0.3 is 6.03 Å². The Kier molecular flexibility index (Phi) is 5.85. The molecule has 128 valence electrons. The highest BCUT2D eigenvalue weighted by molar-refractivity contribution is 8.00. The highest BCUT2D eigenvalue weighted by atomic mass is 35.5. The Labute approximate surface area is 156 Å². The molecule has 3 rings (SSSR count). The van der Waals surface area contributed by atoms with E-state index in [0.717, 1.165) is 15.7 Å². The molecule has 1 aromatic heterocycles. The topological polar surface area (TPSA) is 66.9 Å². The number of hydrogen-bond acceptors (Lipinski definition) is 5. The van der Waals surface area contributed by atoms with Gasteiger partial charge in [-0.05, 0) is 42.0 Å². The van der Waals surface area contributed by atoms with E-state index in [9.17, 15) is 9.18 Å². The second-order valence-corrected chi connectivity index (χ2v) is 7.51. The van der Waals surface area contributed by atoms with E-state index in [1.54, 1.807) is 0 Å². The first-order valence-electron chi connectivity index (χ1n) is 7.13. The summed E-state index contributed by atoms with van der Waals surface area (Å²) in [4.78, 5) is 11.9. The molecule has 2 aromatic carbocycles. The van der Waals surface area contributed by atoms with Gasteiger partial charge < -0.3 is 5.32 Å². The molecule has 25 heavy (non-hydrogen) atoms. The smallest absolute Gasteiger partial charge is 0.308 e. The summed E-state index contributed by atoms with van der Waals surface area (Å²) in [7, 11) is 0. The van der Waals surface area contributed by atoms with Crippen LogP contribution in [0.2, 0.25) is 5.02 Å². The summed E-state index contributed by atoms with van der Waals surface area (Å²) in [5.41, 5.74) is 1.61. The first kappa shape index (κ1) is 17.7. The molecule has 0 aliphatic carbocycles. The predicted molar refractivity (Wildman–Crippen MR) is 100.0 cm³/mol. The van der Waals surface area contributed by atoms with Crippen LogP contribution in [0.15, 0.2) is 52.9 Å². The van der Waals surface area contributed by atoms with Crippen LogP contribution in [0.25, 0.3) is 0 Å². The number of nitrogens with one attached hydrogen (secondary N) is 2. The zero-order valence-electron chi connectivity index (χ0n) is 12.7. The molecule has 0 spiro atoms. The van der Waals surface area contributed by atoms with Crippen molar-refractivity contribution in [3.63, 3.8) is 0 Å². The Morgan fingerprint density at radius 1 is 1.08 bits per heavy atom.